The van der Waals surface area contributed by atoms with Crippen LogP contribution >= 0.6 is 0 Å². The van der Waals surface area contributed by atoms with E-state index < -0.39 is 48.9 Å². The lowest BCUT2D eigenvalue weighted by molar-refractivity contribution is -0.148. The number of benzene rings is 2. The molecule has 2 atom stereocenters. The molecule has 9 heteroatoms. The van der Waals surface area contributed by atoms with Crippen molar-refractivity contribution in [2.45, 2.75) is 37.3 Å². The van der Waals surface area contributed by atoms with Crippen molar-refractivity contribution in [1.82, 2.24) is 10.2 Å². The molecule has 2 aliphatic rings. The molecule has 2 amide bonds. The van der Waals surface area contributed by atoms with E-state index in [0.29, 0.717) is 4.90 Å². The number of nitrogens with zero attached hydrogens (tertiary/aromatic N) is 1. The summed E-state index contributed by atoms with van der Waals surface area (Å²) in [5.41, 5.74) is 4.18. The van der Waals surface area contributed by atoms with Gasteiger partial charge in [0, 0.05) is 12.3 Å². The topological polar surface area (TPSA) is 95.9 Å². The summed E-state index contributed by atoms with van der Waals surface area (Å²) < 4.78 is 32.7. The highest BCUT2D eigenvalue weighted by molar-refractivity contribution is 5.89. The minimum absolute atomic E-state index is 0.0281. The minimum atomic E-state index is -3.29. The molecule has 2 aromatic carbocycles. The van der Waals surface area contributed by atoms with Gasteiger partial charge in [-0.1, -0.05) is 48.5 Å². The first-order valence-corrected chi connectivity index (χ1v) is 10.2. The third-order valence-electron chi connectivity index (χ3n) is 5.89. The fourth-order valence-corrected chi connectivity index (χ4v) is 4.40. The first kappa shape index (κ1) is 21.7. The summed E-state index contributed by atoms with van der Waals surface area (Å²) in [5, 5.41) is 11.5. The average molecular weight is 444 g/mol. The number of hydrogen-bond donors (Lipinski definition) is 2. The number of ether oxygens (including phenoxy) is 1. The second-order valence-electron chi connectivity index (χ2n) is 8.07. The second-order valence-corrected chi connectivity index (χ2v) is 8.07. The summed E-state index contributed by atoms with van der Waals surface area (Å²) in [7, 11) is 0. The van der Waals surface area contributed by atoms with Crippen LogP contribution in [0.5, 0.6) is 0 Å². The van der Waals surface area contributed by atoms with Crippen LogP contribution in [0.15, 0.2) is 48.5 Å². The van der Waals surface area contributed by atoms with Crippen molar-refractivity contribution in [1.29, 1.82) is 0 Å². The van der Waals surface area contributed by atoms with Crippen molar-refractivity contribution in [2.75, 3.05) is 13.2 Å². The van der Waals surface area contributed by atoms with E-state index in [1.807, 2.05) is 48.5 Å². The number of rotatable bonds is 5. The lowest BCUT2D eigenvalue weighted by Crippen LogP contribution is -2.50. The van der Waals surface area contributed by atoms with Gasteiger partial charge in [0.2, 0.25) is 5.91 Å². The zero-order chi connectivity index (χ0) is 23.0. The molecule has 168 valence electrons. The third-order valence-corrected chi connectivity index (χ3v) is 5.89. The van der Waals surface area contributed by atoms with Gasteiger partial charge in [-0.2, -0.15) is 0 Å². The van der Waals surface area contributed by atoms with Gasteiger partial charge in [0.25, 0.3) is 5.92 Å². The quantitative estimate of drug-likeness (QED) is 0.738. The maximum Gasteiger partial charge on any atom is 0.407 e. The van der Waals surface area contributed by atoms with Crippen LogP contribution in [-0.4, -0.2) is 59.1 Å². The van der Waals surface area contributed by atoms with Crippen LogP contribution in [0.3, 0.4) is 0 Å². The lowest BCUT2D eigenvalue weighted by atomic mass is 9.98. The molecule has 1 heterocycles. The van der Waals surface area contributed by atoms with Crippen LogP contribution < -0.4 is 5.32 Å². The van der Waals surface area contributed by atoms with Crippen molar-refractivity contribution in [3.05, 3.63) is 59.7 Å². The molecule has 0 aromatic heterocycles. The molecule has 0 bridgehead atoms. The molecule has 2 unspecified atom stereocenters. The van der Waals surface area contributed by atoms with Gasteiger partial charge < -0.3 is 20.1 Å². The Morgan fingerprint density at radius 1 is 1.12 bits per heavy atom. The van der Waals surface area contributed by atoms with Crippen molar-refractivity contribution < 1.29 is 33.0 Å². The van der Waals surface area contributed by atoms with Crippen molar-refractivity contribution in [3.8, 4) is 11.1 Å². The van der Waals surface area contributed by atoms with E-state index in [0.717, 1.165) is 22.3 Å². The number of halogens is 2. The molecule has 0 saturated carbocycles. The van der Waals surface area contributed by atoms with E-state index in [1.165, 1.54) is 6.92 Å². The number of carboxylic acids is 1. The SMILES string of the molecule is CC(NC(=O)OCC1c2ccccc2-c2ccccc21)C(=O)N1CC(F)(F)CC1C(=O)O. The van der Waals surface area contributed by atoms with Crippen LogP contribution in [0.25, 0.3) is 11.1 Å². The van der Waals surface area contributed by atoms with Crippen molar-refractivity contribution >= 4 is 18.0 Å². The van der Waals surface area contributed by atoms with E-state index in [1.54, 1.807) is 0 Å². The third kappa shape index (κ3) is 4.02. The zero-order valence-corrected chi connectivity index (χ0v) is 17.3. The number of carboxylic acid groups (broad SMARTS) is 1. The van der Waals surface area contributed by atoms with Gasteiger partial charge >= 0.3 is 12.1 Å². The number of alkyl carbamates (subject to hydrolysis) is 1. The highest BCUT2D eigenvalue weighted by Crippen LogP contribution is 2.44. The molecule has 2 aromatic rings. The Hall–Kier alpha value is -3.49. The van der Waals surface area contributed by atoms with Gasteiger partial charge in [0.15, 0.2) is 0 Å². The van der Waals surface area contributed by atoms with E-state index in [9.17, 15) is 23.2 Å². The number of alkyl halides is 2. The Balaban J connectivity index is 1.39. The molecular weight excluding hydrogens is 422 g/mol. The number of amides is 2. The summed E-state index contributed by atoms with van der Waals surface area (Å²) in [6, 6.07) is 12.8. The minimum Gasteiger partial charge on any atom is -0.480 e. The standard InChI is InChI=1S/C23H22F2N2O5/c1-13(20(28)27-12-23(24,25)10-19(27)21(29)30)26-22(31)32-11-18-16-8-4-2-6-14(16)15-7-3-5-9-17(15)18/h2-9,13,18-19H,10-12H2,1H3,(H,26,31)(H,29,30). The van der Waals surface area contributed by atoms with Gasteiger partial charge in [0.1, 0.15) is 18.7 Å². The maximum absolute atomic E-state index is 13.7. The Bertz CT molecular complexity index is 1030. The Kier molecular flexibility index (Phi) is 5.58. The summed E-state index contributed by atoms with van der Waals surface area (Å²) in [6.07, 6.45) is -1.84. The predicted octanol–water partition coefficient (Wildman–Crippen LogP) is 3.23. The number of aliphatic carboxylic acids is 1. The number of carbonyl (C=O) groups excluding carboxylic acids is 2. The summed E-state index contributed by atoms with van der Waals surface area (Å²) >= 11 is 0. The molecule has 1 aliphatic carbocycles. The largest absolute Gasteiger partial charge is 0.480 e. The molecule has 1 aliphatic heterocycles. The number of hydrogen-bond acceptors (Lipinski definition) is 4. The number of carbonyl (C=O) groups is 3. The van der Waals surface area contributed by atoms with Crippen molar-refractivity contribution in [2.24, 2.45) is 0 Å². The highest BCUT2D eigenvalue weighted by atomic mass is 19.3. The van der Waals surface area contributed by atoms with E-state index in [2.05, 4.69) is 5.32 Å². The second kappa shape index (κ2) is 8.22. The van der Waals surface area contributed by atoms with Crippen LogP contribution in [0.2, 0.25) is 0 Å². The normalized spacial score (nSPS) is 19.7. The van der Waals surface area contributed by atoms with Gasteiger partial charge in [-0.25, -0.2) is 18.4 Å². The Morgan fingerprint density at radius 3 is 2.25 bits per heavy atom. The lowest BCUT2D eigenvalue weighted by Gasteiger charge is -2.25. The first-order chi connectivity index (χ1) is 15.2. The molecule has 1 saturated heterocycles. The fourth-order valence-electron chi connectivity index (χ4n) is 4.40. The average Bonchev–Trinajstić information content (AvgIpc) is 3.26. The number of fused-ring (bicyclic) bond motifs is 3. The molecule has 4 rings (SSSR count). The van der Waals surface area contributed by atoms with Crippen LogP contribution in [0, 0.1) is 0 Å². The monoisotopic (exact) mass is 444 g/mol. The van der Waals surface area contributed by atoms with E-state index >= 15 is 0 Å². The summed E-state index contributed by atoms with van der Waals surface area (Å²) in [4.78, 5) is 36.7. The molecule has 0 spiro atoms. The number of nitrogens with one attached hydrogen (secondary N) is 1. The summed E-state index contributed by atoms with van der Waals surface area (Å²) in [5.74, 6) is -5.87. The predicted molar refractivity (Wildman–Crippen MR) is 110 cm³/mol. The molecule has 32 heavy (non-hydrogen) atoms. The van der Waals surface area contributed by atoms with E-state index in [-0.39, 0.29) is 12.5 Å². The molecule has 2 N–H and O–H groups in total. The van der Waals surface area contributed by atoms with Gasteiger partial charge in [0.05, 0.1) is 6.54 Å². The Labute approximate surface area is 183 Å². The van der Waals surface area contributed by atoms with Crippen molar-refractivity contribution in [3.63, 3.8) is 0 Å². The van der Waals surface area contributed by atoms with Crippen LogP contribution in [0.4, 0.5) is 13.6 Å². The van der Waals surface area contributed by atoms with Gasteiger partial charge in [-0.05, 0) is 29.2 Å². The summed E-state index contributed by atoms with van der Waals surface area (Å²) in [6.45, 7) is 0.332. The smallest absolute Gasteiger partial charge is 0.407 e. The number of likely N-dealkylation sites (tertiary alicyclic amines) is 1. The fraction of sp³-hybridized carbons (Fsp3) is 0.348. The molecule has 1 fully saturated rings. The maximum atomic E-state index is 13.7. The first-order valence-electron chi connectivity index (χ1n) is 10.2. The van der Waals surface area contributed by atoms with Crippen LogP contribution in [-0.2, 0) is 14.3 Å². The zero-order valence-electron chi connectivity index (χ0n) is 17.3. The van der Waals surface area contributed by atoms with Gasteiger partial charge in [-0.3, -0.25) is 4.79 Å². The van der Waals surface area contributed by atoms with Crippen LogP contribution in [0.1, 0.15) is 30.4 Å². The van der Waals surface area contributed by atoms with Gasteiger partial charge in [-0.15, -0.1) is 0 Å². The molecule has 0 radical (unpaired) electrons. The Morgan fingerprint density at radius 2 is 1.69 bits per heavy atom. The van der Waals surface area contributed by atoms with E-state index in [4.69, 9.17) is 9.84 Å². The highest BCUT2D eigenvalue weighted by Gasteiger charge is 2.50. The molecular formula is C23H22F2N2O5. The molecule has 7 nitrogen and oxygen atoms in total.